The predicted octanol–water partition coefficient (Wildman–Crippen LogP) is 1.51. The number of nitrogens with two attached hydrogens (primary N) is 1. The van der Waals surface area contributed by atoms with Gasteiger partial charge in [-0.1, -0.05) is 13.0 Å². The van der Waals surface area contributed by atoms with Gasteiger partial charge >= 0.3 is 0 Å². The van der Waals surface area contributed by atoms with Crippen LogP contribution < -0.4 is 11.1 Å². The molecule has 2 aromatic rings. The Balaban J connectivity index is 2.19. The summed E-state index contributed by atoms with van der Waals surface area (Å²) >= 11 is 0. The largest absolute Gasteiger partial charge is 0.395 e. The molecule has 0 fully saturated rings. The summed E-state index contributed by atoms with van der Waals surface area (Å²) < 4.78 is 0. The molecule has 0 atom stereocenters. The van der Waals surface area contributed by atoms with Crippen molar-refractivity contribution in [2.75, 3.05) is 11.1 Å². The third-order valence-corrected chi connectivity index (χ3v) is 2.58. The molecule has 0 unspecified atom stereocenters. The van der Waals surface area contributed by atoms with Gasteiger partial charge in [0.1, 0.15) is 5.82 Å². The van der Waals surface area contributed by atoms with Crippen molar-refractivity contribution in [3.63, 3.8) is 0 Å². The second-order valence-electron chi connectivity index (χ2n) is 3.94. The van der Waals surface area contributed by atoms with E-state index in [2.05, 4.69) is 20.5 Å². The highest BCUT2D eigenvalue weighted by atomic mass is 16.2. The lowest BCUT2D eigenvalue weighted by Gasteiger charge is -2.03. The number of carbonyl (C=O) groups excluding carboxylic acids is 1. The summed E-state index contributed by atoms with van der Waals surface area (Å²) in [4.78, 5) is 16.1. The number of amides is 1. The quantitative estimate of drug-likeness (QED) is 0.763. The first-order valence-corrected chi connectivity index (χ1v) is 5.69. The highest BCUT2D eigenvalue weighted by Crippen LogP contribution is 2.15. The van der Waals surface area contributed by atoms with E-state index >= 15 is 0 Å². The number of nitrogen functional groups attached to an aromatic ring is 1. The molecule has 94 valence electrons. The van der Waals surface area contributed by atoms with Gasteiger partial charge in [0.05, 0.1) is 11.4 Å². The molecule has 18 heavy (non-hydrogen) atoms. The van der Waals surface area contributed by atoms with Crippen molar-refractivity contribution in [1.82, 2.24) is 15.2 Å². The first kappa shape index (κ1) is 12.1. The number of anilines is 2. The van der Waals surface area contributed by atoms with E-state index in [4.69, 9.17) is 5.73 Å². The Bertz CT molecular complexity index is 576. The zero-order valence-corrected chi connectivity index (χ0v) is 10.3. The number of aromatic amines is 1. The van der Waals surface area contributed by atoms with Gasteiger partial charge in [-0.25, -0.2) is 4.98 Å². The Labute approximate surface area is 105 Å². The fourth-order valence-corrected chi connectivity index (χ4v) is 1.62. The van der Waals surface area contributed by atoms with Crippen LogP contribution in [-0.4, -0.2) is 21.1 Å². The van der Waals surface area contributed by atoms with Crippen molar-refractivity contribution in [2.24, 2.45) is 0 Å². The molecule has 0 aliphatic carbocycles. The lowest BCUT2D eigenvalue weighted by Crippen LogP contribution is -2.15. The van der Waals surface area contributed by atoms with Crippen molar-refractivity contribution < 1.29 is 4.79 Å². The molecule has 0 radical (unpaired) electrons. The van der Waals surface area contributed by atoms with Crippen LogP contribution in [0.5, 0.6) is 0 Å². The number of hydrogen-bond donors (Lipinski definition) is 3. The SMILES string of the molecule is CCc1[nH]nc(C(=O)Nc2cccc(C)n2)c1N. The van der Waals surface area contributed by atoms with Crippen LogP contribution in [0.15, 0.2) is 18.2 Å². The Kier molecular flexibility index (Phi) is 3.27. The Hall–Kier alpha value is -2.37. The molecule has 2 heterocycles. The van der Waals surface area contributed by atoms with Crippen LogP contribution in [0.4, 0.5) is 11.5 Å². The fraction of sp³-hybridized carbons (Fsp3) is 0.250. The van der Waals surface area contributed by atoms with Crippen LogP contribution in [0.3, 0.4) is 0 Å². The molecule has 0 bridgehead atoms. The normalized spacial score (nSPS) is 10.3. The number of rotatable bonds is 3. The monoisotopic (exact) mass is 245 g/mol. The van der Waals surface area contributed by atoms with Crippen molar-refractivity contribution in [3.8, 4) is 0 Å². The van der Waals surface area contributed by atoms with Crippen molar-refractivity contribution >= 4 is 17.4 Å². The molecule has 0 saturated heterocycles. The van der Waals surface area contributed by atoms with E-state index in [9.17, 15) is 4.79 Å². The van der Waals surface area contributed by atoms with Gasteiger partial charge in [0.2, 0.25) is 0 Å². The van der Waals surface area contributed by atoms with E-state index in [-0.39, 0.29) is 11.6 Å². The lowest BCUT2D eigenvalue weighted by atomic mass is 10.2. The molecule has 6 nitrogen and oxygen atoms in total. The molecule has 6 heteroatoms. The number of nitrogens with one attached hydrogen (secondary N) is 2. The Morgan fingerprint density at radius 1 is 1.50 bits per heavy atom. The van der Waals surface area contributed by atoms with Gasteiger partial charge in [0.15, 0.2) is 5.69 Å². The average Bonchev–Trinajstić information content (AvgIpc) is 2.70. The molecule has 0 aliphatic heterocycles. The van der Waals surface area contributed by atoms with Gasteiger partial charge in [-0.15, -0.1) is 0 Å². The minimum absolute atomic E-state index is 0.204. The summed E-state index contributed by atoms with van der Waals surface area (Å²) in [5.74, 6) is 0.127. The zero-order chi connectivity index (χ0) is 13.1. The summed E-state index contributed by atoms with van der Waals surface area (Å²) in [5.41, 5.74) is 8.01. The smallest absolute Gasteiger partial charge is 0.279 e. The van der Waals surface area contributed by atoms with Gasteiger partial charge in [0, 0.05) is 5.69 Å². The summed E-state index contributed by atoms with van der Waals surface area (Å²) in [7, 11) is 0. The Morgan fingerprint density at radius 2 is 2.28 bits per heavy atom. The second kappa shape index (κ2) is 4.87. The summed E-state index contributed by atoms with van der Waals surface area (Å²) in [6, 6.07) is 5.39. The maximum Gasteiger partial charge on any atom is 0.279 e. The second-order valence-corrected chi connectivity index (χ2v) is 3.94. The lowest BCUT2D eigenvalue weighted by molar-refractivity contribution is 0.102. The molecule has 0 saturated carbocycles. The van der Waals surface area contributed by atoms with Gasteiger partial charge < -0.3 is 11.1 Å². The van der Waals surface area contributed by atoms with Crippen molar-refractivity contribution in [2.45, 2.75) is 20.3 Å². The molecular formula is C12H15N5O. The van der Waals surface area contributed by atoms with Crippen molar-refractivity contribution in [1.29, 1.82) is 0 Å². The first-order chi connectivity index (χ1) is 8.61. The number of pyridine rings is 1. The van der Waals surface area contributed by atoms with Gasteiger partial charge in [-0.2, -0.15) is 5.10 Å². The molecule has 0 spiro atoms. The molecule has 0 aliphatic rings. The molecule has 2 rings (SSSR count). The van der Waals surface area contributed by atoms with Gasteiger partial charge in [0.25, 0.3) is 5.91 Å². The standard InChI is InChI=1S/C12H15N5O/c1-3-8-10(13)11(17-16-8)12(18)15-9-6-4-5-7(2)14-9/h4-6H,3,13H2,1-2H3,(H,16,17)(H,14,15,18). The molecular weight excluding hydrogens is 230 g/mol. The van der Waals surface area contributed by atoms with E-state index in [1.165, 1.54) is 0 Å². The minimum Gasteiger partial charge on any atom is -0.395 e. The maximum atomic E-state index is 12.0. The highest BCUT2D eigenvalue weighted by molar-refractivity contribution is 6.06. The molecule has 1 amide bonds. The van der Waals surface area contributed by atoms with Crippen LogP contribution in [0.2, 0.25) is 0 Å². The molecule has 0 aromatic carbocycles. The Morgan fingerprint density at radius 3 is 2.89 bits per heavy atom. The summed E-state index contributed by atoms with van der Waals surface area (Å²) in [5, 5.41) is 9.33. The number of hydrogen-bond acceptors (Lipinski definition) is 4. The third-order valence-electron chi connectivity index (χ3n) is 2.58. The molecule has 2 aromatic heterocycles. The summed E-state index contributed by atoms with van der Waals surface area (Å²) in [6.45, 7) is 3.79. The number of nitrogens with zero attached hydrogens (tertiary/aromatic N) is 2. The van der Waals surface area contributed by atoms with Gasteiger partial charge in [-0.05, 0) is 25.5 Å². The van der Waals surface area contributed by atoms with E-state index in [0.717, 1.165) is 11.4 Å². The third kappa shape index (κ3) is 2.32. The zero-order valence-electron chi connectivity index (χ0n) is 10.3. The van der Waals surface area contributed by atoms with E-state index in [0.29, 0.717) is 17.9 Å². The van der Waals surface area contributed by atoms with E-state index < -0.39 is 0 Å². The van der Waals surface area contributed by atoms with Crippen LogP contribution in [0.1, 0.15) is 28.8 Å². The number of carbonyl (C=O) groups is 1. The number of aryl methyl sites for hydroxylation is 2. The number of H-pyrrole nitrogens is 1. The number of aromatic nitrogens is 3. The first-order valence-electron chi connectivity index (χ1n) is 5.69. The van der Waals surface area contributed by atoms with Crippen LogP contribution >= 0.6 is 0 Å². The van der Waals surface area contributed by atoms with Crippen LogP contribution in [0.25, 0.3) is 0 Å². The topological polar surface area (TPSA) is 96.7 Å². The van der Waals surface area contributed by atoms with Crippen LogP contribution in [0, 0.1) is 6.92 Å². The minimum atomic E-state index is -0.360. The highest BCUT2D eigenvalue weighted by Gasteiger charge is 2.16. The van der Waals surface area contributed by atoms with E-state index in [1.807, 2.05) is 26.0 Å². The maximum absolute atomic E-state index is 12.0. The summed E-state index contributed by atoms with van der Waals surface area (Å²) in [6.07, 6.45) is 0.703. The average molecular weight is 245 g/mol. The van der Waals surface area contributed by atoms with Gasteiger partial charge in [-0.3, -0.25) is 9.89 Å². The van der Waals surface area contributed by atoms with E-state index in [1.54, 1.807) is 6.07 Å². The molecule has 4 N–H and O–H groups in total. The van der Waals surface area contributed by atoms with Crippen molar-refractivity contribution in [3.05, 3.63) is 35.3 Å². The predicted molar refractivity (Wildman–Crippen MR) is 69.3 cm³/mol. The van der Waals surface area contributed by atoms with Crippen LogP contribution in [-0.2, 0) is 6.42 Å². The fourth-order valence-electron chi connectivity index (χ4n) is 1.62.